The molecule has 1 fully saturated rings. The molecule has 0 aliphatic carbocycles. The van der Waals surface area contributed by atoms with Crippen molar-refractivity contribution in [1.82, 2.24) is 5.32 Å². The number of hydrogen-bond acceptors (Lipinski definition) is 2. The molecule has 2 rings (SSSR count). The molecule has 2 nitrogen and oxygen atoms in total. The van der Waals surface area contributed by atoms with Gasteiger partial charge in [-0.25, -0.2) is 0 Å². The van der Waals surface area contributed by atoms with Crippen LogP contribution in [0.25, 0.3) is 0 Å². The van der Waals surface area contributed by atoms with Gasteiger partial charge in [0.2, 0.25) is 0 Å². The molecule has 0 saturated carbocycles. The Morgan fingerprint density at radius 3 is 2.29 bits per heavy atom. The molecule has 1 aliphatic heterocycles. The van der Waals surface area contributed by atoms with E-state index in [-0.39, 0.29) is 6.10 Å². The van der Waals surface area contributed by atoms with Gasteiger partial charge >= 0.3 is 0 Å². The van der Waals surface area contributed by atoms with Gasteiger partial charge in [-0.05, 0) is 47.9 Å². The molecule has 0 radical (unpaired) electrons. The van der Waals surface area contributed by atoms with Gasteiger partial charge in [-0.15, -0.1) is 0 Å². The molecule has 1 aromatic carbocycles. The average molecular weight is 289 g/mol. The fourth-order valence-electron chi connectivity index (χ4n) is 3.38. The topological polar surface area (TPSA) is 21.3 Å². The minimum absolute atomic E-state index is 0.289. The van der Waals surface area contributed by atoms with E-state index in [1.165, 1.54) is 23.1 Å². The van der Waals surface area contributed by atoms with E-state index in [1.807, 2.05) is 0 Å². The Morgan fingerprint density at radius 2 is 1.81 bits per heavy atom. The normalized spacial score (nSPS) is 24.0. The predicted octanol–water partition coefficient (Wildman–Crippen LogP) is 4.62. The molecule has 1 aromatic rings. The number of hydrogen-bond donors (Lipinski definition) is 1. The van der Waals surface area contributed by atoms with Gasteiger partial charge in [-0.2, -0.15) is 0 Å². The Kier molecular flexibility index (Phi) is 5.45. The SMILES string of the molecule is CNC(c1ccc(C(C)C)cc1C(C)C)C1OCCC1C. The second kappa shape index (κ2) is 6.93. The lowest BCUT2D eigenvalue weighted by Gasteiger charge is -2.29. The molecule has 0 amide bonds. The van der Waals surface area contributed by atoms with Crippen molar-refractivity contribution in [3.8, 4) is 0 Å². The molecule has 2 heteroatoms. The minimum Gasteiger partial charge on any atom is -0.376 e. The Morgan fingerprint density at radius 1 is 1.10 bits per heavy atom. The molecule has 1 saturated heterocycles. The average Bonchev–Trinajstić information content (AvgIpc) is 2.86. The van der Waals surface area contributed by atoms with E-state index in [1.54, 1.807) is 0 Å². The number of benzene rings is 1. The maximum absolute atomic E-state index is 6.02. The number of likely N-dealkylation sites (N-methyl/N-ethyl adjacent to an activating group) is 1. The maximum atomic E-state index is 6.02. The van der Waals surface area contributed by atoms with Crippen molar-refractivity contribution in [2.75, 3.05) is 13.7 Å². The highest BCUT2D eigenvalue weighted by atomic mass is 16.5. The van der Waals surface area contributed by atoms with Crippen LogP contribution in [0, 0.1) is 5.92 Å². The lowest BCUT2D eigenvalue weighted by Crippen LogP contribution is -2.33. The molecule has 0 aromatic heterocycles. The molecule has 1 aliphatic rings. The van der Waals surface area contributed by atoms with Crippen LogP contribution in [0.2, 0.25) is 0 Å². The third-order valence-corrected chi connectivity index (χ3v) is 4.82. The molecular formula is C19H31NO. The van der Waals surface area contributed by atoms with Gasteiger partial charge in [-0.1, -0.05) is 52.8 Å². The summed E-state index contributed by atoms with van der Waals surface area (Å²) in [4.78, 5) is 0. The second-order valence-corrected chi connectivity index (χ2v) is 7.07. The van der Waals surface area contributed by atoms with Crippen molar-refractivity contribution in [2.24, 2.45) is 5.92 Å². The largest absolute Gasteiger partial charge is 0.376 e. The number of nitrogens with one attached hydrogen (secondary N) is 1. The monoisotopic (exact) mass is 289 g/mol. The van der Waals surface area contributed by atoms with Gasteiger partial charge in [0.1, 0.15) is 0 Å². The zero-order valence-corrected chi connectivity index (χ0v) is 14.4. The maximum Gasteiger partial charge on any atom is 0.0795 e. The Labute approximate surface area is 130 Å². The van der Waals surface area contributed by atoms with Crippen LogP contribution in [-0.4, -0.2) is 19.8 Å². The van der Waals surface area contributed by atoms with Crippen LogP contribution < -0.4 is 5.32 Å². The number of rotatable bonds is 5. The van der Waals surface area contributed by atoms with E-state index >= 15 is 0 Å². The zero-order chi connectivity index (χ0) is 15.6. The third-order valence-electron chi connectivity index (χ3n) is 4.82. The first kappa shape index (κ1) is 16.5. The second-order valence-electron chi connectivity index (χ2n) is 7.07. The van der Waals surface area contributed by atoms with Crippen LogP contribution in [0.15, 0.2) is 18.2 Å². The quantitative estimate of drug-likeness (QED) is 0.854. The van der Waals surface area contributed by atoms with Crippen LogP contribution in [-0.2, 0) is 4.74 Å². The molecule has 118 valence electrons. The molecule has 0 spiro atoms. The van der Waals surface area contributed by atoms with E-state index in [0.29, 0.717) is 23.8 Å². The van der Waals surface area contributed by atoms with Gasteiger partial charge in [0.05, 0.1) is 12.1 Å². The highest BCUT2D eigenvalue weighted by Gasteiger charge is 2.33. The van der Waals surface area contributed by atoms with Gasteiger partial charge in [0.15, 0.2) is 0 Å². The van der Waals surface area contributed by atoms with Crippen molar-refractivity contribution < 1.29 is 4.74 Å². The van der Waals surface area contributed by atoms with E-state index in [4.69, 9.17) is 4.74 Å². The van der Waals surface area contributed by atoms with Gasteiger partial charge in [0, 0.05) is 6.61 Å². The minimum atomic E-state index is 0.289. The van der Waals surface area contributed by atoms with Crippen molar-refractivity contribution in [2.45, 2.75) is 65.0 Å². The van der Waals surface area contributed by atoms with Crippen molar-refractivity contribution in [3.05, 3.63) is 34.9 Å². The lowest BCUT2D eigenvalue weighted by molar-refractivity contribution is 0.0628. The Hall–Kier alpha value is -0.860. The molecule has 1 heterocycles. The fourth-order valence-corrected chi connectivity index (χ4v) is 3.38. The van der Waals surface area contributed by atoms with Crippen LogP contribution in [0.4, 0.5) is 0 Å². The van der Waals surface area contributed by atoms with Crippen molar-refractivity contribution in [1.29, 1.82) is 0 Å². The highest BCUT2D eigenvalue weighted by Crippen LogP contribution is 2.35. The highest BCUT2D eigenvalue weighted by molar-refractivity contribution is 5.38. The predicted molar refractivity (Wildman–Crippen MR) is 89.9 cm³/mol. The Balaban J connectivity index is 2.40. The summed E-state index contributed by atoms with van der Waals surface area (Å²) in [6.07, 6.45) is 1.46. The molecule has 21 heavy (non-hydrogen) atoms. The summed E-state index contributed by atoms with van der Waals surface area (Å²) in [5.74, 6) is 1.73. The van der Waals surface area contributed by atoms with Crippen molar-refractivity contribution >= 4 is 0 Å². The molecule has 0 bridgehead atoms. The first-order valence-corrected chi connectivity index (χ1v) is 8.38. The van der Waals surface area contributed by atoms with Gasteiger partial charge in [-0.3, -0.25) is 0 Å². The summed E-state index contributed by atoms with van der Waals surface area (Å²) in [5.41, 5.74) is 4.30. The third kappa shape index (κ3) is 3.49. The molecule has 3 atom stereocenters. The van der Waals surface area contributed by atoms with Gasteiger partial charge < -0.3 is 10.1 Å². The lowest BCUT2D eigenvalue weighted by atomic mass is 9.84. The van der Waals surface area contributed by atoms with Crippen LogP contribution >= 0.6 is 0 Å². The van der Waals surface area contributed by atoms with E-state index in [2.05, 4.69) is 65.2 Å². The van der Waals surface area contributed by atoms with E-state index in [0.717, 1.165) is 6.61 Å². The van der Waals surface area contributed by atoms with Gasteiger partial charge in [0.25, 0.3) is 0 Å². The van der Waals surface area contributed by atoms with Crippen LogP contribution in [0.5, 0.6) is 0 Å². The smallest absolute Gasteiger partial charge is 0.0795 e. The zero-order valence-electron chi connectivity index (χ0n) is 14.4. The van der Waals surface area contributed by atoms with Crippen LogP contribution in [0.1, 0.15) is 75.6 Å². The summed E-state index contributed by atoms with van der Waals surface area (Å²) in [6.45, 7) is 12.3. The van der Waals surface area contributed by atoms with E-state index < -0.39 is 0 Å². The Bertz CT molecular complexity index is 467. The number of ether oxygens (including phenoxy) is 1. The molecular weight excluding hydrogens is 258 g/mol. The standard InChI is InChI=1S/C19H31NO/c1-12(2)15-7-8-16(17(11-15)13(3)4)18(20-6)19-14(5)9-10-21-19/h7-8,11-14,18-20H,9-10H2,1-6H3. The summed E-state index contributed by atoms with van der Waals surface area (Å²) in [5, 5.41) is 3.51. The summed E-state index contributed by atoms with van der Waals surface area (Å²) >= 11 is 0. The first-order chi connectivity index (χ1) is 9.95. The summed E-state index contributed by atoms with van der Waals surface area (Å²) in [6, 6.07) is 7.30. The molecule has 3 unspecified atom stereocenters. The summed E-state index contributed by atoms with van der Waals surface area (Å²) in [7, 11) is 2.06. The molecule has 1 N–H and O–H groups in total. The first-order valence-electron chi connectivity index (χ1n) is 8.38. The fraction of sp³-hybridized carbons (Fsp3) is 0.684. The van der Waals surface area contributed by atoms with Crippen molar-refractivity contribution in [3.63, 3.8) is 0 Å². The van der Waals surface area contributed by atoms with Crippen LogP contribution in [0.3, 0.4) is 0 Å². The van der Waals surface area contributed by atoms with E-state index in [9.17, 15) is 0 Å². The summed E-state index contributed by atoms with van der Waals surface area (Å²) < 4.78 is 6.02.